The topological polar surface area (TPSA) is 40.5 Å². The van der Waals surface area contributed by atoms with Crippen LogP contribution in [0.2, 0.25) is 0 Å². The number of hydrogen-bond donors (Lipinski definition) is 2. The van der Waals surface area contributed by atoms with Gasteiger partial charge in [-0.05, 0) is 64.2 Å². The van der Waals surface area contributed by atoms with Gasteiger partial charge in [-0.2, -0.15) is 0 Å². The van der Waals surface area contributed by atoms with Gasteiger partial charge in [0, 0.05) is 5.56 Å². The Morgan fingerprint density at radius 3 is 2.18 bits per heavy atom. The summed E-state index contributed by atoms with van der Waals surface area (Å²) in [4.78, 5) is 0. The summed E-state index contributed by atoms with van der Waals surface area (Å²) in [6, 6.07) is 3.59. The number of rotatable bonds is 8. The third kappa shape index (κ3) is 6.38. The second-order valence-corrected chi connectivity index (χ2v) is 6.31. The Morgan fingerprint density at radius 2 is 1.64 bits per heavy atom. The highest BCUT2D eigenvalue weighted by molar-refractivity contribution is 5.47. The van der Waals surface area contributed by atoms with E-state index in [1.54, 1.807) is 12.1 Å². The summed E-state index contributed by atoms with van der Waals surface area (Å²) in [6.07, 6.45) is 10.1. The minimum atomic E-state index is 0.206. The van der Waals surface area contributed by atoms with Gasteiger partial charge < -0.3 is 10.2 Å². The van der Waals surface area contributed by atoms with E-state index in [0.29, 0.717) is 12.0 Å². The first-order valence-electron chi connectivity index (χ1n) is 8.26. The quantitative estimate of drug-likeness (QED) is 0.479. The molecule has 0 fully saturated rings. The largest absolute Gasteiger partial charge is 0.508 e. The van der Waals surface area contributed by atoms with Crippen molar-refractivity contribution < 1.29 is 10.2 Å². The Kier molecular flexibility index (Phi) is 7.79. The molecular formula is C20H30O2. The molecule has 1 rings (SSSR count). The first-order chi connectivity index (χ1) is 10.4. The fourth-order valence-corrected chi connectivity index (χ4v) is 2.36. The average molecular weight is 302 g/mol. The lowest BCUT2D eigenvalue weighted by atomic mass is 10.0. The molecule has 0 unspecified atom stereocenters. The van der Waals surface area contributed by atoms with Gasteiger partial charge in [-0.3, -0.25) is 0 Å². The molecule has 22 heavy (non-hydrogen) atoms. The Hall–Kier alpha value is -1.70. The second kappa shape index (κ2) is 9.34. The van der Waals surface area contributed by atoms with E-state index in [2.05, 4.69) is 39.8 Å². The molecule has 0 aliphatic rings. The number of unbranched alkanes of at least 4 members (excludes halogenated alkanes) is 2. The third-order valence-corrected chi connectivity index (χ3v) is 3.82. The van der Waals surface area contributed by atoms with Crippen LogP contribution in [0.3, 0.4) is 0 Å². The van der Waals surface area contributed by atoms with Crippen molar-refractivity contribution in [1.82, 2.24) is 0 Å². The van der Waals surface area contributed by atoms with Gasteiger partial charge >= 0.3 is 0 Å². The predicted molar refractivity (Wildman–Crippen MR) is 94.5 cm³/mol. The molecule has 122 valence electrons. The van der Waals surface area contributed by atoms with Crippen LogP contribution in [0.15, 0.2) is 35.4 Å². The van der Waals surface area contributed by atoms with Gasteiger partial charge in [0.15, 0.2) is 0 Å². The Bertz CT molecular complexity index is 512. The lowest BCUT2D eigenvalue weighted by molar-refractivity contribution is 0.439. The van der Waals surface area contributed by atoms with Gasteiger partial charge in [0.05, 0.1) is 0 Å². The normalized spacial score (nSPS) is 11.5. The lowest BCUT2D eigenvalue weighted by Crippen LogP contribution is -1.91. The average Bonchev–Trinajstić information content (AvgIpc) is 2.44. The van der Waals surface area contributed by atoms with Crippen LogP contribution in [0.4, 0.5) is 0 Å². The van der Waals surface area contributed by atoms with E-state index in [1.165, 1.54) is 24.0 Å². The second-order valence-electron chi connectivity index (χ2n) is 6.31. The highest BCUT2D eigenvalue weighted by Crippen LogP contribution is 2.30. The zero-order chi connectivity index (χ0) is 16.5. The van der Waals surface area contributed by atoms with Crippen molar-refractivity contribution in [1.29, 1.82) is 0 Å². The summed E-state index contributed by atoms with van der Waals surface area (Å²) < 4.78 is 0. The number of aryl methyl sites for hydroxylation is 1. The van der Waals surface area contributed by atoms with Crippen molar-refractivity contribution >= 4 is 0 Å². The van der Waals surface area contributed by atoms with Crippen molar-refractivity contribution in [3.05, 3.63) is 46.6 Å². The molecule has 0 atom stereocenters. The van der Waals surface area contributed by atoms with E-state index in [4.69, 9.17) is 0 Å². The van der Waals surface area contributed by atoms with Crippen molar-refractivity contribution in [2.45, 2.75) is 66.2 Å². The molecule has 0 amide bonds. The van der Waals surface area contributed by atoms with Crippen molar-refractivity contribution in [3.63, 3.8) is 0 Å². The van der Waals surface area contributed by atoms with Crippen LogP contribution in [-0.4, -0.2) is 10.2 Å². The van der Waals surface area contributed by atoms with Crippen LogP contribution in [-0.2, 0) is 12.8 Å². The van der Waals surface area contributed by atoms with Gasteiger partial charge in [-0.1, -0.05) is 43.1 Å². The monoisotopic (exact) mass is 302 g/mol. The van der Waals surface area contributed by atoms with E-state index in [0.717, 1.165) is 24.8 Å². The molecule has 2 N–H and O–H groups in total. The van der Waals surface area contributed by atoms with Crippen LogP contribution >= 0.6 is 0 Å². The summed E-state index contributed by atoms with van der Waals surface area (Å²) in [6.45, 7) is 8.42. The molecule has 0 radical (unpaired) electrons. The third-order valence-electron chi connectivity index (χ3n) is 3.82. The molecule has 1 aromatic rings. The van der Waals surface area contributed by atoms with Crippen LogP contribution in [0.25, 0.3) is 0 Å². The number of phenolic OH excluding ortho intramolecular Hbond substituents is 2. The molecule has 0 aromatic heterocycles. The summed E-state index contributed by atoms with van der Waals surface area (Å²) in [5.74, 6) is 0.413. The molecule has 2 heteroatoms. The fraction of sp³-hybridized carbons (Fsp3) is 0.500. The zero-order valence-corrected chi connectivity index (χ0v) is 14.4. The van der Waals surface area contributed by atoms with Crippen LogP contribution < -0.4 is 0 Å². The Labute approximate surface area is 135 Å². The van der Waals surface area contributed by atoms with Crippen LogP contribution in [0, 0.1) is 0 Å². The van der Waals surface area contributed by atoms with Gasteiger partial charge in [-0.15, -0.1) is 0 Å². The summed E-state index contributed by atoms with van der Waals surface area (Å²) in [7, 11) is 0. The smallest absolute Gasteiger partial charge is 0.123 e. The van der Waals surface area contributed by atoms with Gasteiger partial charge in [0.2, 0.25) is 0 Å². The Balaban J connectivity index is 2.75. The number of hydrogen-bond acceptors (Lipinski definition) is 2. The van der Waals surface area contributed by atoms with Crippen LogP contribution in [0.5, 0.6) is 11.5 Å². The maximum atomic E-state index is 10.2. The molecular weight excluding hydrogens is 272 g/mol. The molecule has 0 spiro atoms. The molecule has 0 heterocycles. The van der Waals surface area contributed by atoms with Crippen LogP contribution in [0.1, 0.15) is 64.5 Å². The molecule has 0 saturated carbocycles. The lowest BCUT2D eigenvalue weighted by Gasteiger charge is -2.09. The van der Waals surface area contributed by atoms with Crippen molar-refractivity contribution in [2.24, 2.45) is 0 Å². The molecule has 2 nitrogen and oxygen atoms in total. The van der Waals surface area contributed by atoms with E-state index < -0.39 is 0 Å². The molecule has 1 aromatic carbocycles. The van der Waals surface area contributed by atoms with Crippen molar-refractivity contribution in [2.75, 3.05) is 0 Å². The van der Waals surface area contributed by atoms with Gasteiger partial charge in [-0.25, -0.2) is 0 Å². The Morgan fingerprint density at radius 1 is 1.00 bits per heavy atom. The van der Waals surface area contributed by atoms with Gasteiger partial charge in [0.25, 0.3) is 0 Å². The maximum Gasteiger partial charge on any atom is 0.123 e. The molecule has 0 saturated heterocycles. The summed E-state index contributed by atoms with van der Waals surface area (Å²) in [5.41, 5.74) is 4.18. The summed E-state index contributed by atoms with van der Waals surface area (Å²) >= 11 is 0. The van der Waals surface area contributed by atoms with Gasteiger partial charge in [0.1, 0.15) is 11.5 Å². The highest BCUT2D eigenvalue weighted by atomic mass is 16.3. The van der Waals surface area contributed by atoms with E-state index in [9.17, 15) is 10.2 Å². The first-order valence-corrected chi connectivity index (χ1v) is 8.26. The number of allylic oxidation sites excluding steroid dienone is 4. The minimum absolute atomic E-state index is 0.206. The zero-order valence-electron chi connectivity index (χ0n) is 14.4. The van der Waals surface area contributed by atoms with E-state index in [1.807, 2.05) is 0 Å². The number of phenols is 2. The summed E-state index contributed by atoms with van der Waals surface area (Å²) in [5, 5.41) is 20.3. The minimum Gasteiger partial charge on any atom is -0.508 e. The molecule has 0 aliphatic carbocycles. The van der Waals surface area contributed by atoms with E-state index in [-0.39, 0.29) is 11.5 Å². The number of benzene rings is 1. The molecule has 0 aliphatic heterocycles. The molecule has 0 bridgehead atoms. The maximum absolute atomic E-state index is 10.2. The fourth-order valence-electron chi connectivity index (χ4n) is 2.36. The highest BCUT2D eigenvalue weighted by Gasteiger charge is 2.09. The standard InChI is InChI=1S/C20H30O2/c1-5-6-7-8-17-13-19(21)18(20(22)14-17)12-11-16(4)10-9-15(2)3/h9,11,13-14,21-22H,5-8,10,12H2,1-4H3/b16-11-. The SMILES string of the molecule is CCCCCc1cc(O)c(C/C=C(/C)CC=C(C)C)c(O)c1. The number of aromatic hydroxyl groups is 2. The van der Waals surface area contributed by atoms with Crippen molar-refractivity contribution in [3.8, 4) is 11.5 Å². The predicted octanol–water partition coefficient (Wildman–Crippen LogP) is 5.68. The van der Waals surface area contributed by atoms with E-state index >= 15 is 0 Å². The first kappa shape index (κ1) is 18.3.